The molecule has 0 aliphatic carbocycles. The zero-order valence-electron chi connectivity index (χ0n) is 20.4. The van der Waals surface area contributed by atoms with E-state index in [1.165, 1.54) is 5.56 Å². The summed E-state index contributed by atoms with van der Waals surface area (Å²) in [5.74, 6) is 1.20. The quantitative estimate of drug-likeness (QED) is 0.410. The van der Waals surface area contributed by atoms with E-state index in [4.69, 9.17) is 16.3 Å². The number of carbonyl (C=O) groups excluding carboxylic acids is 1. The van der Waals surface area contributed by atoms with E-state index in [2.05, 4.69) is 37.1 Å². The Kier molecular flexibility index (Phi) is 7.60. The molecule has 1 amide bonds. The molecule has 34 heavy (non-hydrogen) atoms. The molecule has 0 unspecified atom stereocenters. The molecule has 0 aromatic heterocycles. The van der Waals surface area contributed by atoms with Crippen molar-refractivity contribution >= 4 is 23.2 Å². The van der Waals surface area contributed by atoms with Crippen LogP contribution in [-0.4, -0.2) is 37.0 Å². The van der Waals surface area contributed by atoms with Crippen molar-refractivity contribution in [3.05, 3.63) is 82.4 Å². The number of hydrogen-bond donors (Lipinski definition) is 1. The Morgan fingerprint density at radius 1 is 1.03 bits per heavy atom. The van der Waals surface area contributed by atoms with E-state index in [1.54, 1.807) is 7.11 Å². The lowest BCUT2D eigenvalue weighted by Gasteiger charge is -2.35. The van der Waals surface area contributed by atoms with Crippen molar-refractivity contribution in [3.63, 3.8) is 0 Å². The third-order valence-corrected chi connectivity index (χ3v) is 7.08. The smallest absolute Gasteiger partial charge is 0.255 e. The highest BCUT2D eigenvalue weighted by atomic mass is 35.5. The Hall–Kier alpha value is -2.82. The number of benzene rings is 3. The van der Waals surface area contributed by atoms with Crippen LogP contribution < -0.4 is 10.1 Å². The third kappa shape index (κ3) is 5.45. The first-order valence-corrected chi connectivity index (χ1v) is 12.3. The molecule has 1 N–H and O–H groups in total. The van der Waals surface area contributed by atoms with Gasteiger partial charge >= 0.3 is 0 Å². The minimum absolute atomic E-state index is 0.125. The number of aryl methyl sites for hydroxylation is 1. The van der Waals surface area contributed by atoms with Crippen molar-refractivity contribution in [2.24, 2.45) is 0 Å². The van der Waals surface area contributed by atoms with Gasteiger partial charge in [-0.3, -0.25) is 4.79 Å². The van der Waals surface area contributed by atoms with Gasteiger partial charge in [-0.05, 0) is 117 Å². The second-order valence-electron chi connectivity index (χ2n) is 9.35. The van der Waals surface area contributed by atoms with Crippen LogP contribution in [0.5, 0.6) is 5.75 Å². The normalized spacial score (nSPS) is 14.9. The number of likely N-dealkylation sites (tertiary alicyclic amines) is 1. The van der Waals surface area contributed by atoms with Crippen molar-refractivity contribution in [1.29, 1.82) is 0 Å². The van der Waals surface area contributed by atoms with Gasteiger partial charge in [-0.15, -0.1) is 0 Å². The second-order valence-corrected chi connectivity index (χ2v) is 9.79. The molecule has 3 aromatic rings. The number of rotatable bonds is 6. The van der Waals surface area contributed by atoms with E-state index in [0.717, 1.165) is 54.1 Å². The second kappa shape index (κ2) is 10.6. The largest absolute Gasteiger partial charge is 0.496 e. The van der Waals surface area contributed by atoms with Crippen LogP contribution in [-0.2, 0) is 0 Å². The Bertz CT molecular complexity index is 1150. The van der Waals surface area contributed by atoms with Crippen LogP contribution in [0.2, 0.25) is 5.02 Å². The van der Waals surface area contributed by atoms with Crippen molar-refractivity contribution in [2.75, 3.05) is 25.5 Å². The molecule has 3 aromatic carbocycles. The van der Waals surface area contributed by atoms with Gasteiger partial charge in [0.15, 0.2) is 0 Å². The molecule has 0 atom stereocenters. The van der Waals surface area contributed by atoms with Crippen molar-refractivity contribution < 1.29 is 9.53 Å². The summed E-state index contributed by atoms with van der Waals surface area (Å²) in [6.45, 7) is 8.72. The average molecular weight is 477 g/mol. The number of methoxy groups -OCH3 is 1. The molecule has 0 spiro atoms. The number of halogens is 1. The summed E-state index contributed by atoms with van der Waals surface area (Å²) in [4.78, 5) is 15.5. The van der Waals surface area contributed by atoms with Gasteiger partial charge in [0.2, 0.25) is 0 Å². The molecule has 0 radical (unpaired) electrons. The van der Waals surface area contributed by atoms with Crippen LogP contribution >= 0.6 is 11.6 Å². The molecule has 4 rings (SSSR count). The Labute approximate surface area is 207 Å². The maximum atomic E-state index is 13.0. The van der Waals surface area contributed by atoms with Crippen LogP contribution in [0.15, 0.2) is 60.7 Å². The molecule has 1 fully saturated rings. The fourth-order valence-electron chi connectivity index (χ4n) is 4.77. The van der Waals surface area contributed by atoms with Gasteiger partial charge in [-0.2, -0.15) is 0 Å². The van der Waals surface area contributed by atoms with Crippen LogP contribution in [0.3, 0.4) is 0 Å². The molecule has 0 saturated carbocycles. The number of hydrogen-bond acceptors (Lipinski definition) is 3. The lowest BCUT2D eigenvalue weighted by atomic mass is 9.88. The Morgan fingerprint density at radius 2 is 1.74 bits per heavy atom. The van der Waals surface area contributed by atoms with Crippen LogP contribution in [0, 0.1) is 6.92 Å². The molecule has 4 nitrogen and oxygen atoms in total. The number of carbonyl (C=O) groups is 1. The number of nitrogens with one attached hydrogen (secondary N) is 1. The van der Waals surface area contributed by atoms with Crippen molar-refractivity contribution in [1.82, 2.24) is 4.90 Å². The maximum absolute atomic E-state index is 13.0. The summed E-state index contributed by atoms with van der Waals surface area (Å²) in [6.07, 6.45) is 2.19. The highest BCUT2D eigenvalue weighted by Crippen LogP contribution is 2.36. The van der Waals surface area contributed by atoms with Crippen LogP contribution in [0.4, 0.5) is 5.69 Å². The molecule has 178 valence electrons. The number of amides is 1. The zero-order chi connectivity index (χ0) is 24.2. The van der Waals surface area contributed by atoms with Crippen LogP contribution in [0.1, 0.15) is 54.1 Å². The van der Waals surface area contributed by atoms with Gasteiger partial charge in [0, 0.05) is 22.3 Å². The molecular formula is C29H33ClN2O2. The van der Waals surface area contributed by atoms with E-state index >= 15 is 0 Å². The van der Waals surface area contributed by atoms with E-state index in [-0.39, 0.29) is 5.91 Å². The number of ether oxygens (including phenoxy) is 1. The first kappa shape index (κ1) is 24.3. The lowest BCUT2D eigenvalue weighted by Crippen LogP contribution is -2.37. The van der Waals surface area contributed by atoms with Gasteiger partial charge in [-0.1, -0.05) is 29.8 Å². The molecule has 1 aliphatic rings. The van der Waals surface area contributed by atoms with Gasteiger partial charge in [0.25, 0.3) is 5.91 Å². The van der Waals surface area contributed by atoms with E-state index in [0.29, 0.717) is 22.5 Å². The molecular weight excluding hydrogens is 444 g/mol. The minimum atomic E-state index is -0.125. The standard InChI is InChI=1S/C29H33ClN2O2/c1-19(2)32-15-13-22(14-16-32)27-18-25(11-12-28(27)34-4)31-29(33)23-8-6-21(7-9-23)26-17-24(30)10-5-20(26)3/h5-12,17-19,22H,13-16H2,1-4H3,(H,31,33). The molecule has 1 heterocycles. The summed E-state index contributed by atoms with van der Waals surface area (Å²) in [5, 5.41) is 3.77. The van der Waals surface area contributed by atoms with Crippen molar-refractivity contribution in [3.8, 4) is 16.9 Å². The predicted molar refractivity (Wildman–Crippen MR) is 141 cm³/mol. The first-order valence-electron chi connectivity index (χ1n) is 12.0. The molecule has 0 bridgehead atoms. The monoisotopic (exact) mass is 476 g/mol. The molecule has 1 aliphatic heterocycles. The summed E-state index contributed by atoms with van der Waals surface area (Å²) >= 11 is 6.17. The van der Waals surface area contributed by atoms with E-state index in [1.807, 2.05) is 54.6 Å². The van der Waals surface area contributed by atoms with Gasteiger partial charge in [-0.25, -0.2) is 0 Å². The fraction of sp³-hybridized carbons (Fsp3) is 0.345. The Balaban J connectivity index is 1.49. The highest BCUT2D eigenvalue weighted by Gasteiger charge is 2.24. The topological polar surface area (TPSA) is 41.6 Å². The van der Waals surface area contributed by atoms with Gasteiger partial charge in [0.05, 0.1) is 7.11 Å². The molecule has 5 heteroatoms. The van der Waals surface area contributed by atoms with Gasteiger partial charge in [0.1, 0.15) is 5.75 Å². The number of anilines is 1. The van der Waals surface area contributed by atoms with Crippen LogP contribution in [0.25, 0.3) is 11.1 Å². The highest BCUT2D eigenvalue weighted by molar-refractivity contribution is 6.30. The van der Waals surface area contributed by atoms with Crippen molar-refractivity contribution in [2.45, 2.75) is 45.6 Å². The maximum Gasteiger partial charge on any atom is 0.255 e. The van der Waals surface area contributed by atoms with E-state index < -0.39 is 0 Å². The number of nitrogens with zero attached hydrogens (tertiary/aromatic N) is 1. The fourth-order valence-corrected chi connectivity index (χ4v) is 4.94. The SMILES string of the molecule is COc1ccc(NC(=O)c2ccc(-c3cc(Cl)ccc3C)cc2)cc1C1CCN(C(C)C)CC1. The predicted octanol–water partition coefficient (Wildman–Crippen LogP) is 7.16. The summed E-state index contributed by atoms with van der Waals surface area (Å²) in [5.41, 5.74) is 5.84. The average Bonchev–Trinajstić information content (AvgIpc) is 2.85. The zero-order valence-corrected chi connectivity index (χ0v) is 21.2. The third-order valence-electron chi connectivity index (χ3n) is 6.84. The first-order chi connectivity index (χ1) is 16.4. The number of piperidine rings is 1. The lowest BCUT2D eigenvalue weighted by molar-refractivity contribution is 0.102. The summed E-state index contributed by atoms with van der Waals surface area (Å²) in [7, 11) is 1.71. The minimum Gasteiger partial charge on any atom is -0.496 e. The van der Waals surface area contributed by atoms with E-state index in [9.17, 15) is 4.79 Å². The summed E-state index contributed by atoms with van der Waals surface area (Å²) < 4.78 is 5.65. The summed E-state index contributed by atoms with van der Waals surface area (Å²) in [6, 6.07) is 20.0. The Morgan fingerprint density at radius 3 is 2.38 bits per heavy atom. The van der Waals surface area contributed by atoms with Gasteiger partial charge < -0.3 is 15.0 Å². The molecule has 1 saturated heterocycles.